The third-order valence-electron chi connectivity index (χ3n) is 6.94. The van der Waals surface area contributed by atoms with Crippen molar-refractivity contribution in [1.29, 1.82) is 0 Å². The molecule has 7 nitrogen and oxygen atoms in total. The van der Waals surface area contributed by atoms with Crippen molar-refractivity contribution >= 4 is 41.4 Å². The lowest BCUT2D eigenvalue weighted by Gasteiger charge is -2.30. The first kappa shape index (κ1) is 31.0. The Balaban J connectivity index is 0.00000210. The van der Waals surface area contributed by atoms with Gasteiger partial charge in [-0.25, -0.2) is 4.98 Å². The first-order valence-corrected chi connectivity index (χ1v) is 12.5. The summed E-state index contributed by atoms with van der Waals surface area (Å²) in [5.41, 5.74) is 2.91. The predicted octanol–water partition coefficient (Wildman–Crippen LogP) is 5.35. The molecule has 1 saturated heterocycles. The smallest absolute Gasteiger partial charge is 0.395 e. The first-order chi connectivity index (χ1) is 17.6. The van der Waals surface area contributed by atoms with E-state index in [4.69, 9.17) is 10.1 Å². The lowest BCUT2D eigenvalue weighted by Crippen LogP contribution is -2.40. The summed E-state index contributed by atoms with van der Waals surface area (Å²) in [5.74, 6) is 0.396. The number of nitrogens with one attached hydrogen (secondary N) is 1. The summed E-state index contributed by atoms with van der Waals surface area (Å²) in [5, 5.41) is 21.6. The zero-order chi connectivity index (χ0) is 26.4. The number of likely N-dealkylation sites (tertiary alicyclic amines) is 1. The number of rotatable bonds is 6. The molecule has 1 aromatic carbocycles. The topological polar surface area (TPSA) is 78.6 Å². The van der Waals surface area contributed by atoms with E-state index in [1.807, 2.05) is 30.3 Å². The third-order valence-corrected chi connectivity index (χ3v) is 6.94. The van der Waals surface area contributed by atoms with Gasteiger partial charge in [0.15, 0.2) is 11.5 Å². The van der Waals surface area contributed by atoms with Gasteiger partial charge >= 0.3 is 6.18 Å². The second-order valence-corrected chi connectivity index (χ2v) is 10.6. The van der Waals surface area contributed by atoms with E-state index in [1.54, 1.807) is 10.5 Å². The van der Waals surface area contributed by atoms with Crippen molar-refractivity contribution in [3.8, 4) is 11.5 Å². The van der Waals surface area contributed by atoms with Crippen LogP contribution in [-0.2, 0) is 5.41 Å². The van der Waals surface area contributed by atoms with Crippen LogP contribution in [0.2, 0.25) is 0 Å². The van der Waals surface area contributed by atoms with Crippen LogP contribution in [0, 0.1) is 0 Å². The van der Waals surface area contributed by atoms with Crippen LogP contribution < -0.4 is 5.32 Å². The number of pyridine rings is 2. The van der Waals surface area contributed by atoms with Crippen molar-refractivity contribution in [3.05, 3.63) is 59.8 Å². The van der Waals surface area contributed by atoms with Crippen molar-refractivity contribution < 1.29 is 18.3 Å². The van der Waals surface area contributed by atoms with E-state index in [2.05, 4.69) is 36.3 Å². The van der Waals surface area contributed by atoms with Crippen molar-refractivity contribution in [3.63, 3.8) is 0 Å². The number of aliphatic hydroxyl groups excluding tert-OH is 1. The zero-order valence-corrected chi connectivity index (χ0v) is 23.6. The Morgan fingerprint density at radius 1 is 1.05 bits per heavy atom. The number of aliphatic hydroxyl groups is 1. The third kappa shape index (κ3) is 6.30. The Kier molecular flexibility index (Phi) is 9.50. The maximum Gasteiger partial charge on any atom is 0.408 e. The minimum Gasteiger partial charge on any atom is -0.395 e. The predicted molar refractivity (Wildman–Crippen MR) is 151 cm³/mol. The van der Waals surface area contributed by atoms with Crippen LogP contribution in [0.4, 0.5) is 13.2 Å². The molecule has 0 spiro atoms. The molecule has 1 fully saturated rings. The number of para-hydroxylation sites is 1. The Bertz CT molecular complexity index is 1420. The number of hydrogen-bond donors (Lipinski definition) is 2. The molecule has 2 N–H and O–H groups in total. The molecule has 1 aliphatic rings. The normalized spacial score (nSPS) is 17.3. The highest BCUT2D eigenvalue weighted by Gasteiger charge is 2.46. The molecule has 3 aromatic heterocycles. The van der Waals surface area contributed by atoms with Crippen molar-refractivity contribution in [2.45, 2.75) is 50.9 Å². The van der Waals surface area contributed by atoms with Gasteiger partial charge in [0.2, 0.25) is 0 Å². The van der Waals surface area contributed by atoms with Crippen LogP contribution in [-0.4, -0.2) is 68.0 Å². The van der Waals surface area contributed by atoms with Crippen molar-refractivity contribution in [1.82, 2.24) is 29.8 Å². The minimum absolute atomic E-state index is 0. The van der Waals surface area contributed by atoms with E-state index in [0.29, 0.717) is 36.7 Å². The van der Waals surface area contributed by atoms with Gasteiger partial charge in [-0.3, -0.25) is 9.30 Å². The summed E-state index contributed by atoms with van der Waals surface area (Å²) < 4.78 is 44.7. The molecule has 0 aliphatic carbocycles. The lowest BCUT2D eigenvalue weighted by atomic mass is 9.85. The van der Waals surface area contributed by atoms with Crippen molar-refractivity contribution in [2.75, 3.05) is 26.2 Å². The van der Waals surface area contributed by atoms with Crippen LogP contribution in [0.25, 0.3) is 28.1 Å². The van der Waals surface area contributed by atoms with E-state index in [0.717, 1.165) is 16.5 Å². The van der Waals surface area contributed by atoms with E-state index < -0.39 is 12.2 Å². The summed E-state index contributed by atoms with van der Waals surface area (Å²) >= 11 is 0. The summed E-state index contributed by atoms with van der Waals surface area (Å²) in [4.78, 5) is 6.34. The van der Waals surface area contributed by atoms with Gasteiger partial charge in [-0.15, -0.1) is 35.0 Å². The van der Waals surface area contributed by atoms with Gasteiger partial charge in [0.25, 0.3) is 0 Å². The molecule has 212 valence electrons. The molecular formula is C27H33Cl2F3N6O. The van der Waals surface area contributed by atoms with Gasteiger partial charge in [0, 0.05) is 37.3 Å². The zero-order valence-electron chi connectivity index (χ0n) is 21.9. The van der Waals surface area contributed by atoms with Crippen molar-refractivity contribution in [2.24, 2.45) is 0 Å². The van der Waals surface area contributed by atoms with Crippen LogP contribution in [0.1, 0.15) is 44.4 Å². The van der Waals surface area contributed by atoms with E-state index in [1.165, 1.54) is 17.2 Å². The molecule has 1 unspecified atom stereocenters. The molecular weight excluding hydrogens is 552 g/mol. The van der Waals surface area contributed by atoms with Crippen LogP contribution >= 0.6 is 24.8 Å². The van der Waals surface area contributed by atoms with Gasteiger partial charge in [-0.2, -0.15) is 13.2 Å². The molecule has 1 aliphatic heterocycles. The lowest BCUT2D eigenvalue weighted by molar-refractivity contribution is -0.184. The highest BCUT2D eigenvalue weighted by molar-refractivity contribution is 5.86. The summed E-state index contributed by atoms with van der Waals surface area (Å²) in [6.45, 7) is 7.23. The second kappa shape index (κ2) is 11.9. The van der Waals surface area contributed by atoms with E-state index >= 15 is 0 Å². The Hall–Kier alpha value is -2.50. The molecule has 4 heterocycles. The van der Waals surface area contributed by atoms with Crippen LogP contribution in [0.5, 0.6) is 0 Å². The van der Waals surface area contributed by atoms with Gasteiger partial charge < -0.3 is 10.4 Å². The van der Waals surface area contributed by atoms with E-state index in [9.17, 15) is 13.2 Å². The molecule has 39 heavy (non-hydrogen) atoms. The monoisotopic (exact) mass is 584 g/mol. The fraction of sp³-hybridized carbons (Fsp3) is 0.444. The number of nitrogens with zero attached hydrogens (tertiary/aromatic N) is 5. The Morgan fingerprint density at radius 2 is 1.82 bits per heavy atom. The summed E-state index contributed by atoms with van der Waals surface area (Å²) in [7, 11) is 0. The van der Waals surface area contributed by atoms with Gasteiger partial charge in [0.05, 0.1) is 12.1 Å². The molecule has 0 bridgehead atoms. The second-order valence-electron chi connectivity index (χ2n) is 10.6. The van der Waals surface area contributed by atoms with E-state index in [-0.39, 0.29) is 55.0 Å². The fourth-order valence-electron chi connectivity index (χ4n) is 5.18. The van der Waals surface area contributed by atoms with Gasteiger partial charge in [-0.05, 0) is 35.1 Å². The number of alkyl halides is 3. The molecule has 12 heteroatoms. The molecule has 2 atom stereocenters. The standard InChI is InChI=1S/C27H31F3N6O.2ClH/c1-26(2,3)20-6-4-5-17-7-9-21(32-23(17)20)25-34-33-22-10-8-18(15-36(22)25)24(27(28,29)30)35-13-11-19(16-35)31-12-14-37;;/h4-10,15,19,24,31,37H,11-14,16H2,1-3H3;2*1H/t19?,24-;;/m1../s1. The average molecular weight is 586 g/mol. The summed E-state index contributed by atoms with van der Waals surface area (Å²) in [6.07, 6.45) is -2.39. The summed E-state index contributed by atoms with van der Waals surface area (Å²) in [6, 6.07) is 11.0. The maximum absolute atomic E-state index is 14.4. The van der Waals surface area contributed by atoms with Gasteiger partial charge in [-0.1, -0.05) is 51.1 Å². The highest BCUT2D eigenvalue weighted by Crippen LogP contribution is 2.40. The number of halogens is 5. The number of hydrogen-bond acceptors (Lipinski definition) is 6. The largest absolute Gasteiger partial charge is 0.408 e. The van der Waals surface area contributed by atoms with Crippen LogP contribution in [0.15, 0.2) is 48.7 Å². The fourth-order valence-corrected chi connectivity index (χ4v) is 5.18. The SMILES string of the molecule is CC(C)(C)c1cccc2ccc(-c3nnc4ccc([C@@H](N5CCC(NCCO)C5)C(F)(F)F)cn34)nc12.Cl.Cl. The quantitative estimate of drug-likeness (QED) is 0.318. The molecule has 0 saturated carbocycles. The molecule has 5 rings (SSSR count). The molecule has 0 amide bonds. The molecule has 4 aromatic rings. The number of benzene rings is 1. The van der Waals surface area contributed by atoms with Crippen LogP contribution in [0.3, 0.4) is 0 Å². The Labute approximate surface area is 237 Å². The molecule has 0 radical (unpaired) electrons. The average Bonchev–Trinajstić information content (AvgIpc) is 3.47. The van der Waals surface area contributed by atoms with Gasteiger partial charge in [0.1, 0.15) is 11.7 Å². The minimum atomic E-state index is -4.46. The maximum atomic E-state index is 14.4. The number of fused-ring (bicyclic) bond motifs is 2. The number of aromatic nitrogens is 4. The first-order valence-electron chi connectivity index (χ1n) is 12.5. The Morgan fingerprint density at radius 3 is 2.51 bits per heavy atom. The highest BCUT2D eigenvalue weighted by atomic mass is 35.5.